The van der Waals surface area contributed by atoms with Crippen LogP contribution >= 0.6 is 0 Å². The lowest BCUT2D eigenvalue weighted by atomic mass is 10.1. The maximum Gasteiger partial charge on any atom is 0.227 e. The van der Waals surface area contributed by atoms with Crippen molar-refractivity contribution >= 4 is 93.8 Å². The zero-order valence-corrected chi connectivity index (χ0v) is 29.3. The van der Waals surface area contributed by atoms with Gasteiger partial charge in [-0.2, -0.15) is 0 Å². The molecule has 0 aliphatic heterocycles. The topological polar surface area (TPSA) is 60.5 Å². The standard InChI is InChI=1S/C49H29N3O3/c1-3-12-30(13-4-1)49-50-47-43(55-49)27-26-42-46(47)38-25-23-33(29-45(38)54-42)51(32-22-24-36-35-17-8-10-21-41(35)53-44(36)28-32)40-20-11-18-37-34-16-7-9-19-39(34)52(48(37)40)31-14-5-2-6-15-31/h1-29H. The lowest BCUT2D eigenvalue weighted by molar-refractivity contribution is 0.619. The first-order valence-corrected chi connectivity index (χ1v) is 18.4. The van der Waals surface area contributed by atoms with Crippen LogP contribution in [0.2, 0.25) is 0 Å². The molecular formula is C49H29N3O3. The summed E-state index contributed by atoms with van der Waals surface area (Å²) in [5.41, 5.74) is 11.9. The van der Waals surface area contributed by atoms with Crippen molar-refractivity contribution in [3.63, 3.8) is 0 Å². The van der Waals surface area contributed by atoms with Gasteiger partial charge in [-0.15, -0.1) is 0 Å². The van der Waals surface area contributed by atoms with E-state index in [2.05, 4.69) is 131 Å². The molecule has 0 fully saturated rings. The number of para-hydroxylation sites is 4. The Morgan fingerprint density at radius 3 is 1.91 bits per heavy atom. The number of hydrogen-bond acceptors (Lipinski definition) is 5. The van der Waals surface area contributed by atoms with Gasteiger partial charge in [-0.1, -0.05) is 84.9 Å². The summed E-state index contributed by atoms with van der Waals surface area (Å²) in [6, 6.07) is 60.9. The number of rotatable bonds is 5. The van der Waals surface area contributed by atoms with Gasteiger partial charge in [-0.25, -0.2) is 4.98 Å². The maximum absolute atomic E-state index is 6.64. The molecule has 0 N–H and O–H groups in total. The Balaban J connectivity index is 1.13. The number of furan rings is 2. The van der Waals surface area contributed by atoms with E-state index in [0.717, 1.165) is 94.3 Å². The number of nitrogens with zero attached hydrogens (tertiary/aromatic N) is 3. The molecule has 0 aliphatic rings. The molecule has 258 valence electrons. The van der Waals surface area contributed by atoms with Crippen LogP contribution in [0.3, 0.4) is 0 Å². The number of hydrogen-bond donors (Lipinski definition) is 0. The molecule has 0 saturated carbocycles. The molecule has 12 aromatic rings. The number of benzene rings is 8. The first-order valence-electron chi connectivity index (χ1n) is 18.4. The zero-order chi connectivity index (χ0) is 36.0. The molecular weight excluding hydrogens is 679 g/mol. The summed E-state index contributed by atoms with van der Waals surface area (Å²) in [6.45, 7) is 0. The van der Waals surface area contributed by atoms with E-state index < -0.39 is 0 Å². The fraction of sp³-hybridized carbons (Fsp3) is 0. The maximum atomic E-state index is 6.64. The predicted octanol–water partition coefficient (Wildman–Crippen LogP) is 13.9. The number of fused-ring (bicyclic) bond motifs is 11. The summed E-state index contributed by atoms with van der Waals surface area (Å²) in [7, 11) is 0. The molecule has 0 bridgehead atoms. The van der Waals surface area contributed by atoms with E-state index in [1.165, 1.54) is 10.8 Å². The van der Waals surface area contributed by atoms with Crippen LogP contribution in [-0.4, -0.2) is 9.55 Å². The van der Waals surface area contributed by atoms with Gasteiger partial charge in [-0.05, 0) is 78.9 Å². The molecule has 6 heteroatoms. The first kappa shape index (κ1) is 29.9. The Kier molecular flexibility index (Phi) is 6.24. The Bertz CT molecular complexity index is 3440. The molecule has 4 heterocycles. The molecule has 55 heavy (non-hydrogen) atoms. The van der Waals surface area contributed by atoms with Gasteiger partial charge in [0.1, 0.15) is 27.8 Å². The zero-order valence-electron chi connectivity index (χ0n) is 29.3. The second-order valence-corrected chi connectivity index (χ2v) is 13.9. The van der Waals surface area contributed by atoms with Crippen molar-refractivity contribution in [2.45, 2.75) is 0 Å². The van der Waals surface area contributed by atoms with Crippen LogP contribution in [0.1, 0.15) is 0 Å². The van der Waals surface area contributed by atoms with Gasteiger partial charge in [0, 0.05) is 61.7 Å². The molecule has 0 saturated heterocycles. The average Bonchev–Trinajstić information content (AvgIpc) is 4.02. The van der Waals surface area contributed by atoms with Crippen LogP contribution in [0.4, 0.5) is 17.1 Å². The van der Waals surface area contributed by atoms with Crippen molar-refractivity contribution in [1.82, 2.24) is 9.55 Å². The van der Waals surface area contributed by atoms with Crippen LogP contribution in [0, 0.1) is 0 Å². The molecule has 0 radical (unpaired) electrons. The number of aromatic nitrogens is 2. The van der Waals surface area contributed by atoms with Crippen LogP contribution in [0.25, 0.3) is 93.9 Å². The van der Waals surface area contributed by atoms with Crippen molar-refractivity contribution in [3.05, 3.63) is 176 Å². The lowest BCUT2D eigenvalue weighted by Gasteiger charge is -2.27. The smallest absolute Gasteiger partial charge is 0.227 e. The number of anilines is 3. The average molecular weight is 708 g/mol. The van der Waals surface area contributed by atoms with E-state index in [9.17, 15) is 0 Å². The summed E-state index contributed by atoms with van der Waals surface area (Å²) in [4.78, 5) is 7.29. The minimum Gasteiger partial charge on any atom is -0.456 e. The molecule has 12 rings (SSSR count). The highest BCUT2D eigenvalue weighted by atomic mass is 16.4. The lowest BCUT2D eigenvalue weighted by Crippen LogP contribution is -2.11. The molecule has 0 aliphatic carbocycles. The van der Waals surface area contributed by atoms with Crippen molar-refractivity contribution in [1.29, 1.82) is 0 Å². The monoisotopic (exact) mass is 707 g/mol. The Morgan fingerprint density at radius 2 is 1.07 bits per heavy atom. The van der Waals surface area contributed by atoms with Gasteiger partial charge in [0.05, 0.1) is 22.1 Å². The summed E-state index contributed by atoms with van der Waals surface area (Å²) in [5.74, 6) is 0.586. The van der Waals surface area contributed by atoms with E-state index in [4.69, 9.17) is 18.2 Å². The summed E-state index contributed by atoms with van der Waals surface area (Å²) >= 11 is 0. The highest BCUT2D eigenvalue weighted by Crippen LogP contribution is 2.46. The van der Waals surface area contributed by atoms with E-state index in [1.54, 1.807) is 0 Å². The van der Waals surface area contributed by atoms with Crippen molar-refractivity contribution in [2.24, 2.45) is 0 Å². The van der Waals surface area contributed by atoms with Gasteiger partial charge in [0.2, 0.25) is 5.89 Å². The van der Waals surface area contributed by atoms with Crippen LogP contribution < -0.4 is 4.90 Å². The van der Waals surface area contributed by atoms with Crippen molar-refractivity contribution in [2.75, 3.05) is 4.90 Å². The quantitative estimate of drug-likeness (QED) is 0.178. The largest absolute Gasteiger partial charge is 0.456 e. The Labute approximate surface area is 313 Å². The summed E-state index contributed by atoms with van der Waals surface area (Å²) in [5, 5.41) is 6.44. The molecule has 0 amide bonds. The third kappa shape index (κ3) is 4.46. The van der Waals surface area contributed by atoms with Gasteiger partial charge >= 0.3 is 0 Å². The first-order chi connectivity index (χ1) is 27.3. The molecule has 0 unspecified atom stereocenters. The second-order valence-electron chi connectivity index (χ2n) is 13.9. The molecule has 4 aromatic heterocycles. The van der Waals surface area contributed by atoms with Crippen LogP contribution in [0.5, 0.6) is 0 Å². The van der Waals surface area contributed by atoms with Gasteiger partial charge in [0.25, 0.3) is 0 Å². The summed E-state index contributed by atoms with van der Waals surface area (Å²) in [6.07, 6.45) is 0. The normalized spacial score (nSPS) is 12.0. The molecule has 6 nitrogen and oxygen atoms in total. The predicted molar refractivity (Wildman–Crippen MR) is 223 cm³/mol. The number of oxazole rings is 1. The third-order valence-corrected chi connectivity index (χ3v) is 10.8. The third-order valence-electron chi connectivity index (χ3n) is 10.8. The van der Waals surface area contributed by atoms with E-state index in [-0.39, 0.29) is 0 Å². The van der Waals surface area contributed by atoms with E-state index in [0.29, 0.717) is 5.89 Å². The SMILES string of the molecule is c1ccc(-c2nc3c(ccc4oc5cc(N(c6ccc7c(c6)oc6ccccc67)c6cccc7c8ccccc8n(-c8ccccc8)c67)ccc5c43)o2)cc1. The Morgan fingerprint density at radius 1 is 0.436 bits per heavy atom. The van der Waals surface area contributed by atoms with Crippen molar-refractivity contribution < 1.29 is 13.3 Å². The molecule has 8 aromatic carbocycles. The minimum absolute atomic E-state index is 0.586. The van der Waals surface area contributed by atoms with E-state index in [1.807, 2.05) is 54.6 Å². The van der Waals surface area contributed by atoms with E-state index >= 15 is 0 Å². The molecule has 0 spiro atoms. The second kappa shape index (κ2) is 11.5. The van der Waals surface area contributed by atoms with Crippen molar-refractivity contribution in [3.8, 4) is 17.1 Å². The van der Waals surface area contributed by atoms with Gasteiger partial charge < -0.3 is 22.7 Å². The summed E-state index contributed by atoms with van der Waals surface area (Å²) < 4.78 is 21.7. The minimum atomic E-state index is 0.586. The fourth-order valence-corrected chi connectivity index (χ4v) is 8.39. The highest BCUT2D eigenvalue weighted by molar-refractivity contribution is 6.18. The van der Waals surface area contributed by atoms with Crippen LogP contribution in [-0.2, 0) is 0 Å². The molecule has 0 atom stereocenters. The van der Waals surface area contributed by atoms with Gasteiger partial charge in [0.15, 0.2) is 5.58 Å². The van der Waals surface area contributed by atoms with Crippen LogP contribution in [0.15, 0.2) is 189 Å². The highest BCUT2D eigenvalue weighted by Gasteiger charge is 2.24. The van der Waals surface area contributed by atoms with Gasteiger partial charge in [-0.3, -0.25) is 0 Å². The Hall–Kier alpha value is -7.57. The fourth-order valence-electron chi connectivity index (χ4n) is 8.39.